The first-order valence-electron chi connectivity index (χ1n) is 8.64. The summed E-state index contributed by atoms with van der Waals surface area (Å²) in [6.07, 6.45) is 0.864. The Bertz CT molecular complexity index is 646. The zero-order valence-corrected chi connectivity index (χ0v) is 16.8. The number of benzene rings is 2. The Morgan fingerprint density at radius 1 is 1.08 bits per heavy atom. The molecule has 0 radical (unpaired) electrons. The van der Waals surface area contributed by atoms with Crippen LogP contribution in [0.2, 0.25) is 5.02 Å². The van der Waals surface area contributed by atoms with Crippen LogP contribution in [0.3, 0.4) is 0 Å². The Labute approximate surface area is 166 Å². The smallest absolute Gasteiger partial charge is 0.166 e. The molecule has 2 aromatic carbocycles. The molecule has 2 rings (SSSR count). The van der Waals surface area contributed by atoms with E-state index in [9.17, 15) is 5.11 Å². The van der Waals surface area contributed by atoms with Crippen LogP contribution >= 0.6 is 24.0 Å². The van der Waals surface area contributed by atoms with E-state index >= 15 is 0 Å². The molecule has 1 atom stereocenters. The first-order valence-corrected chi connectivity index (χ1v) is 9.01. The quantitative estimate of drug-likeness (QED) is 0.612. The van der Waals surface area contributed by atoms with Gasteiger partial charge in [0.25, 0.3) is 0 Å². The zero-order chi connectivity index (χ0) is 18.1. The molecular weight excluding hydrogens is 373 g/mol. The number of para-hydroxylation sites is 1. The van der Waals surface area contributed by atoms with Gasteiger partial charge in [-0.1, -0.05) is 42.8 Å². The molecule has 6 heteroatoms. The van der Waals surface area contributed by atoms with E-state index in [0.29, 0.717) is 24.8 Å². The first kappa shape index (κ1) is 22.6. The van der Waals surface area contributed by atoms with E-state index in [1.54, 1.807) is 0 Å². The maximum atomic E-state index is 9.36. The highest BCUT2D eigenvalue weighted by atomic mass is 35.5. The summed E-state index contributed by atoms with van der Waals surface area (Å²) >= 11 is 5.93. The fourth-order valence-electron chi connectivity index (χ4n) is 2.46. The van der Waals surface area contributed by atoms with Crippen molar-refractivity contribution in [3.63, 3.8) is 0 Å². The van der Waals surface area contributed by atoms with Crippen LogP contribution in [-0.2, 0) is 13.2 Å². The molecule has 0 fully saturated rings. The van der Waals surface area contributed by atoms with Crippen molar-refractivity contribution < 1.29 is 14.6 Å². The summed E-state index contributed by atoms with van der Waals surface area (Å²) in [5.74, 6) is 1.47. The SMILES string of the molecule is CCOc1cccc(CNC(CC)CO)c1OCc1ccc(Cl)cc1.Cl. The van der Waals surface area contributed by atoms with Crippen molar-refractivity contribution in [1.29, 1.82) is 0 Å². The van der Waals surface area contributed by atoms with E-state index in [2.05, 4.69) is 5.32 Å². The molecule has 2 N–H and O–H groups in total. The predicted molar refractivity (Wildman–Crippen MR) is 109 cm³/mol. The summed E-state index contributed by atoms with van der Waals surface area (Å²) < 4.78 is 11.8. The van der Waals surface area contributed by atoms with Crippen LogP contribution in [0.4, 0.5) is 0 Å². The van der Waals surface area contributed by atoms with E-state index in [1.807, 2.05) is 56.3 Å². The third kappa shape index (κ3) is 6.69. The van der Waals surface area contributed by atoms with E-state index in [1.165, 1.54) is 0 Å². The van der Waals surface area contributed by atoms with E-state index < -0.39 is 0 Å². The minimum absolute atomic E-state index is 0. The molecule has 26 heavy (non-hydrogen) atoms. The first-order chi connectivity index (χ1) is 12.2. The molecule has 0 aromatic heterocycles. The molecule has 0 saturated heterocycles. The second-order valence-corrected chi connectivity index (χ2v) is 6.20. The standard InChI is InChI=1S/C20H26ClNO3.ClH/c1-3-18(13-23)22-12-16-6-5-7-19(24-4-2)20(16)25-14-15-8-10-17(21)11-9-15;/h5-11,18,22-23H,3-4,12-14H2,1-2H3;1H. The molecule has 0 aliphatic rings. The molecule has 2 aromatic rings. The van der Waals surface area contributed by atoms with Crippen LogP contribution in [0.25, 0.3) is 0 Å². The van der Waals surface area contributed by atoms with Crippen LogP contribution in [0.1, 0.15) is 31.4 Å². The average Bonchev–Trinajstić information content (AvgIpc) is 2.63. The summed E-state index contributed by atoms with van der Waals surface area (Å²) in [6.45, 7) is 5.72. The number of nitrogens with one attached hydrogen (secondary N) is 1. The fraction of sp³-hybridized carbons (Fsp3) is 0.400. The molecule has 0 aliphatic carbocycles. The van der Waals surface area contributed by atoms with Crippen LogP contribution in [-0.4, -0.2) is 24.4 Å². The van der Waals surface area contributed by atoms with Gasteiger partial charge in [-0.15, -0.1) is 12.4 Å². The number of ether oxygens (including phenoxy) is 2. The highest BCUT2D eigenvalue weighted by Crippen LogP contribution is 2.32. The lowest BCUT2D eigenvalue weighted by atomic mass is 10.1. The zero-order valence-electron chi connectivity index (χ0n) is 15.2. The van der Waals surface area contributed by atoms with Gasteiger partial charge in [-0.2, -0.15) is 0 Å². The number of hydrogen-bond acceptors (Lipinski definition) is 4. The maximum Gasteiger partial charge on any atom is 0.166 e. The van der Waals surface area contributed by atoms with Crippen molar-refractivity contribution in [3.05, 3.63) is 58.6 Å². The molecule has 0 saturated carbocycles. The van der Waals surface area contributed by atoms with Crippen molar-refractivity contribution in [2.75, 3.05) is 13.2 Å². The Kier molecular flexibility index (Phi) is 10.4. The average molecular weight is 400 g/mol. The summed E-state index contributed by atoms with van der Waals surface area (Å²) in [5, 5.41) is 13.4. The van der Waals surface area contributed by atoms with E-state index in [4.69, 9.17) is 21.1 Å². The fourth-order valence-corrected chi connectivity index (χ4v) is 2.59. The maximum absolute atomic E-state index is 9.36. The van der Waals surface area contributed by atoms with Gasteiger partial charge in [-0.3, -0.25) is 0 Å². The van der Waals surface area contributed by atoms with Crippen molar-refractivity contribution in [1.82, 2.24) is 5.32 Å². The highest BCUT2D eigenvalue weighted by molar-refractivity contribution is 6.30. The molecule has 4 nitrogen and oxygen atoms in total. The van der Waals surface area contributed by atoms with Gasteiger partial charge in [0.1, 0.15) is 6.61 Å². The molecule has 0 spiro atoms. The summed E-state index contributed by atoms with van der Waals surface area (Å²) in [6, 6.07) is 13.5. The van der Waals surface area contributed by atoms with Gasteiger partial charge in [0, 0.05) is 23.2 Å². The van der Waals surface area contributed by atoms with Crippen LogP contribution in [0.15, 0.2) is 42.5 Å². The minimum Gasteiger partial charge on any atom is -0.490 e. The molecule has 0 heterocycles. The second kappa shape index (κ2) is 12.0. The van der Waals surface area contributed by atoms with Gasteiger partial charge >= 0.3 is 0 Å². The number of aliphatic hydroxyl groups is 1. The van der Waals surface area contributed by atoms with Crippen molar-refractivity contribution in [2.45, 2.75) is 39.5 Å². The van der Waals surface area contributed by atoms with E-state index in [0.717, 1.165) is 29.0 Å². The lowest BCUT2D eigenvalue weighted by Gasteiger charge is -2.19. The largest absolute Gasteiger partial charge is 0.490 e. The Morgan fingerprint density at radius 3 is 2.42 bits per heavy atom. The topological polar surface area (TPSA) is 50.7 Å². The second-order valence-electron chi connectivity index (χ2n) is 5.76. The summed E-state index contributed by atoms with van der Waals surface area (Å²) in [4.78, 5) is 0. The third-order valence-corrected chi connectivity index (χ3v) is 4.20. The Morgan fingerprint density at radius 2 is 1.81 bits per heavy atom. The lowest BCUT2D eigenvalue weighted by Crippen LogP contribution is -2.31. The van der Waals surface area contributed by atoms with Gasteiger partial charge in [0.15, 0.2) is 11.5 Å². The minimum atomic E-state index is 0. The van der Waals surface area contributed by atoms with Crippen molar-refractivity contribution in [2.24, 2.45) is 0 Å². The molecular formula is C20H27Cl2NO3. The van der Waals surface area contributed by atoms with Crippen LogP contribution in [0.5, 0.6) is 11.5 Å². The van der Waals surface area contributed by atoms with Gasteiger partial charge in [-0.05, 0) is 37.1 Å². The molecule has 0 bridgehead atoms. The molecule has 1 unspecified atom stereocenters. The van der Waals surface area contributed by atoms with Gasteiger partial charge in [-0.25, -0.2) is 0 Å². The van der Waals surface area contributed by atoms with Gasteiger partial charge in [0.05, 0.1) is 13.2 Å². The predicted octanol–water partition coefficient (Wildman–Crippen LogP) is 4.60. The number of rotatable bonds is 10. The summed E-state index contributed by atoms with van der Waals surface area (Å²) in [7, 11) is 0. The third-order valence-electron chi connectivity index (χ3n) is 3.95. The summed E-state index contributed by atoms with van der Waals surface area (Å²) in [5.41, 5.74) is 2.04. The highest BCUT2D eigenvalue weighted by Gasteiger charge is 2.13. The monoisotopic (exact) mass is 399 g/mol. The Balaban J connectivity index is 0.00000338. The number of halogens is 2. The molecule has 0 amide bonds. The number of hydrogen-bond donors (Lipinski definition) is 2. The van der Waals surface area contributed by atoms with E-state index in [-0.39, 0.29) is 25.1 Å². The lowest BCUT2D eigenvalue weighted by molar-refractivity contribution is 0.236. The molecule has 0 aliphatic heterocycles. The van der Waals surface area contributed by atoms with Crippen molar-refractivity contribution in [3.8, 4) is 11.5 Å². The van der Waals surface area contributed by atoms with Crippen molar-refractivity contribution >= 4 is 24.0 Å². The van der Waals surface area contributed by atoms with Crippen LogP contribution < -0.4 is 14.8 Å². The van der Waals surface area contributed by atoms with Gasteiger partial charge in [0.2, 0.25) is 0 Å². The van der Waals surface area contributed by atoms with Crippen LogP contribution in [0, 0.1) is 0 Å². The van der Waals surface area contributed by atoms with Gasteiger partial charge < -0.3 is 19.9 Å². The number of aliphatic hydroxyl groups excluding tert-OH is 1. The Hall–Kier alpha value is -1.46. The molecule has 144 valence electrons. The normalized spacial score (nSPS) is 11.5.